The number of rotatable bonds is 0. The van der Waals surface area contributed by atoms with E-state index in [1.807, 2.05) is 6.92 Å². The summed E-state index contributed by atoms with van der Waals surface area (Å²) in [5.41, 5.74) is -1.22. The molecule has 6 atom stereocenters. The van der Waals surface area contributed by atoms with Gasteiger partial charge in [0.25, 0.3) is 0 Å². The summed E-state index contributed by atoms with van der Waals surface area (Å²) in [6.45, 7) is 6.47. The van der Waals surface area contributed by atoms with Crippen molar-refractivity contribution in [2.45, 2.75) is 70.7 Å². The molecule has 3 rings (SSSR count). The average molecular weight is 254 g/mol. The molecule has 0 heterocycles. The Balaban J connectivity index is 2.00. The Hall–Kier alpha value is -0.120. The largest absolute Gasteiger partial charge is 0.392 e. The van der Waals surface area contributed by atoms with Gasteiger partial charge in [0.15, 0.2) is 0 Å². The first-order valence-electron chi connectivity index (χ1n) is 7.30. The maximum absolute atomic E-state index is 11.0. The quantitative estimate of drug-likeness (QED) is 0.616. The van der Waals surface area contributed by atoms with Crippen LogP contribution in [-0.4, -0.2) is 33.1 Å². The van der Waals surface area contributed by atoms with Gasteiger partial charge in [-0.1, -0.05) is 20.8 Å². The summed E-state index contributed by atoms with van der Waals surface area (Å²) in [6, 6.07) is 0. The minimum atomic E-state index is -0.968. The smallest absolute Gasteiger partial charge is 0.0943 e. The summed E-state index contributed by atoms with van der Waals surface area (Å²) < 4.78 is 0. The van der Waals surface area contributed by atoms with Crippen LogP contribution in [0.5, 0.6) is 0 Å². The molecule has 0 amide bonds. The molecule has 0 aromatic rings. The van der Waals surface area contributed by atoms with Crippen molar-refractivity contribution in [3.8, 4) is 0 Å². The van der Waals surface area contributed by atoms with Crippen LogP contribution in [0.1, 0.15) is 52.9 Å². The standard InChI is InChI=1S/C15H26O3/c1-13(2)8-10-9(13)4-6-14(3)11(16)5-7-15(10,18)12(14)17/h9-12,16-18H,4-8H2,1-3H3/t9-,10+,11-,12+,14-,15+/m1/s1. The van der Waals surface area contributed by atoms with E-state index in [9.17, 15) is 15.3 Å². The molecule has 3 saturated carbocycles. The molecule has 18 heavy (non-hydrogen) atoms. The summed E-state index contributed by atoms with van der Waals surface area (Å²) in [6.07, 6.45) is 2.74. The Morgan fingerprint density at radius 3 is 2.22 bits per heavy atom. The lowest BCUT2D eigenvalue weighted by Crippen LogP contribution is -2.65. The normalized spacial score (nSPS) is 58.3. The van der Waals surface area contributed by atoms with Gasteiger partial charge in [-0.15, -0.1) is 0 Å². The van der Waals surface area contributed by atoms with E-state index in [4.69, 9.17) is 0 Å². The Morgan fingerprint density at radius 2 is 1.61 bits per heavy atom. The summed E-state index contributed by atoms with van der Waals surface area (Å²) in [5, 5.41) is 31.9. The lowest BCUT2D eigenvalue weighted by atomic mass is 9.48. The molecule has 3 fully saturated rings. The van der Waals surface area contributed by atoms with Crippen LogP contribution in [0.15, 0.2) is 0 Å². The molecule has 2 bridgehead atoms. The van der Waals surface area contributed by atoms with Crippen molar-refractivity contribution < 1.29 is 15.3 Å². The maximum Gasteiger partial charge on any atom is 0.0943 e. The van der Waals surface area contributed by atoms with Gasteiger partial charge in [-0.2, -0.15) is 0 Å². The molecule has 0 radical (unpaired) electrons. The predicted molar refractivity (Wildman–Crippen MR) is 68.9 cm³/mol. The number of aliphatic hydroxyl groups excluding tert-OH is 2. The van der Waals surface area contributed by atoms with Crippen molar-refractivity contribution in [3.05, 3.63) is 0 Å². The predicted octanol–water partition coefficient (Wildman–Crippen LogP) is 1.70. The number of hydrogen-bond acceptors (Lipinski definition) is 3. The topological polar surface area (TPSA) is 60.7 Å². The van der Waals surface area contributed by atoms with Crippen molar-refractivity contribution in [3.63, 3.8) is 0 Å². The fourth-order valence-corrected chi connectivity index (χ4v) is 5.11. The SMILES string of the molecule is CC1(C)C[C@H]2[C@H]1CC[C@]1(C)[C@H](O)CC[C@@]2(O)[C@H]1O. The van der Waals surface area contributed by atoms with Crippen LogP contribution < -0.4 is 0 Å². The van der Waals surface area contributed by atoms with Gasteiger partial charge in [-0.3, -0.25) is 0 Å². The third-order valence-electron chi connectivity index (χ3n) is 6.55. The van der Waals surface area contributed by atoms with Gasteiger partial charge in [-0.25, -0.2) is 0 Å². The first-order chi connectivity index (χ1) is 8.22. The first-order valence-corrected chi connectivity index (χ1v) is 7.30. The van der Waals surface area contributed by atoms with E-state index in [0.717, 1.165) is 19.3 Å². The van der Waals surface area contributed by atoms with Crippen molar-refractivity contribution >= 4 is 0 Å². The van der Waals surface area contributed by atoms with Gasteiger partial charge in [0.2, 0.25) is 0 Å². The number of aliphatic hydroxyl groups is 3. The molecule has 3 aliphatic rings. The molecular weight excluding hydrogens is 228 g/mol. The van der Waals surface area contributed by atoms with E-state index < -0.39 is 23.2 Å². The molecular formula is C15H26O3. The van der Waals surface area contributed by atoms with Crippen molar-refractivity contribution in [1.82, 2.24) is 0 Å². The van der Waals surface area contributed by atoms with Crippen LogP contribution >= 0.6 is 0 Å². The molecule has 0 saturated heterocycles. The van der Waals surface area contributed by atoms with Gasteiger partial charge < -0.3 is 15.3 Å². The van der Waals surface area contributed by atoms with E-state index in [2.05, 4.69) is 13.8 Å². The Bertz CT molecular complexity index is 367. The van der Waals surface area contributed by atoms with E-state index >= 15 is 0 Å². The first kappa shape index (κ1) is 12.9. The zero-order chi connectivity index (χ0) is 13.3. The van der Waals surface area contributed by atoms with Gasteiger partial charge >= 0.3 is 0 Å². The third kappa shape index (κ3) is 1.36. The highest BCUT2D eigenvalue weighted by molar-refractivity contribution is 5.16. The molecule has 0 unspecified atom stereocenters. The molecule has 0 aromatic heterocycles. The molecule has 3 N–H and O–H groups in total. The van der Waals surface area contributed by atoms with Crippen molar-refractivity contribution in [2.75, 3.05) is 0 Å². The van der Waals surface area contributed by atoms with Gasteiger partial charge in [0.05, 0.1) is 17.8 Å². The Morgan fingerprint density at radius 1 is 0.944 bits per heavy atom. The Kier molecular flexibility index (Phi) is 2.51. The fraction of sp³-hybridized carbons (Fsp3) is 1.00. The van der Waals surface area contributed by atoms with Crippen LogP contribution in [0.2, 0.25) is 0 Å². The minimum absolute atomic E-state index is 0.219. The second kappa shape index (κ2) is 3.50. The molecule has 0 spiro atoms. The van der Waals surface area contributed by atoms with Crippen molar-refractivity contribution in [2.24, 2.45) is 22.7 Å². The van der Waals surface area contributed by atoms with E-state index in [0.29, 0.717) is 18.8 Å². The monoisotopic (exact) mass is 254 g/mol. The van der Waals surface area contributed by atoms with Gasteiger partial charge in [0.1, 0.15) is 0 Å². The number of fused-ring (bicyclic) bond motifs is 4. The summed E-state index contributed by atoms with van der Waals surface area (Å²) >= 11 is 0. The van der Waals surface area contributed by atoms with Crippen molar-refractivity contribution in [1.29, 1.82) is 0 Å². The lowest BCUT2D eigenvalue weighted by molar-refractivity contribution is -0.239. The zero-order valence-electron chi connectivity index (χ0n) is 11.7. The lowest BCUT2D eigenvalue weighted by Gasteiger charge is -2.59. The van der Waals surface area contributed by atoms with Gasteiger partial charge in [0, 0.05) is 5.41 Å². The second-order valence-corrected chi connectivity index (χ2v) is 7.90. The van der Waals surface area contributed by atoms with E-state index in [1.54, 1.807) is 0 Å². The summed E-state index contributed by atoms with van der Waals surface area (Å²) in [4.78, 5) is 0. The van der Waals surface area contributed by atoms with Crippen LogP contribution in [0.3, 0.4) is 0 Å². The van der Waals surface area contributed by atoms with E-state index in [1.165, 1.54) is 0 Å². The fourth-order valence-electron chi connectivity index (χ4n) is 5.11. The third-order valence-corrected chi connectivity index (χ3v) is 6.55. The van der Waals surface area contributed by atoms with Crippen LogP contribution in [-0.2, 0) is 0 Å². The van der Waals surface area contributed by atoms with Gasteiger partial charge in [-0.05, 0) is 49.4 Å². The molecule has 0 aromatic carbocycles. The van der Waals surface area contributed by atoms with Crippen LogP contribution in [0.4, 0.5) is 0 Å². The van der Waals surface area contributed by atoms with Crippen LogP contribution in [0.25, 0.3) is 0 Å². The second-order valence-electron chi connectivity index (χ2n) is 7.90. The highest BCUT2D eigenvalue weighted by Crippen LogP contribution is 2.64. The van der Waals surface area contributed by atoms with E-state index in [-0.39, 0.29) is 11.3 Å². The zero-order valence-corrected chi connectivity index (χ0v) is 11.7. The molecule has 3 aliphatic carbocycles. The molecule has 3 heteroatoms. The summed E-state index contributed by atoms with van der Waals surface area (Å²) in [7, 11) is 0. The minimum Gasteiger partial charge on any atom is -0.392 e. The van der Waals surface area contributed by atoms with Crippen LogP contribution in [0, 0.1) is 22.7 Å². The number of hydrogen-bond donors (Lipinski definition) is 3. The highest BCUT2D eigenvalue weighted by Gasteiger charge is 2.66. The average Bonchev–Trinajstić information content (AvgIpc) is 2.33. The molecule has 3 nitrogen and oxygen atoms in total. The Labute approximate surface area is 109 Å². The highest BCUT2D eigenvalue weighted by atomic mass is 16.3. The molecule has 104 valence electrons. The maximum atomic E-state index is 11.0. The summed E-state index contributed by atoms with van der Waals surface area (Å²) in [5.74, 6) is 0.709. The molecule has 0 aliphatic heterocycles.